The second-order valence-corrected chi connectivity index (χ2v) is 6.72. The Bertz CT molecular complexity index is 245. The van der Waals surface area contributed by atoms with E-state index in [0.717, 1.165) is 18.9 Å². The zero-order chi connectivity index (χ0) is 12.5. The van der Waals surface area contributed by atoms with E-state index in [0.29, 0.717) is 12.0 Å². The molecule has 3 aliphatic rings. The molecular formula is C14H28N2O. The normalized spacial score (nSPS) is 36.2. The lowest BCUT2D eigenvalue weighted by Gasteiger charge is -2.46. The molecule has 100 valence electrons. The Hall–Kier alpha value is -0.120. The smallest absolute Gasteiger partial charge is 0.0746 e. The summed E-state index contributed by atoms with van der Waals surface area (Å²) in [7, 11) is 0. The lowest BCUT2D eigenvalue weighted by Crippen LogP contribution is -2.58. The van der Waals surface area contributed by atoms with Gasteiger partial charge in [0.15, 0.2) is 0 Å². The van der Waals surface area contributed by atoms with Crippen LogP contribution in [0.2, 0.25) is 0 Å². The average molecular weight is 240 g/mol. The molecule has 0 aromatic heterocycles. The van der Waals surface area contributed by atoms with Crippen LogP contribution in [0.3, 0.4) is 0 Å². The molecule has 0 aromatic rings. The Labute approximate surface area is 106 Å². The van der Waals surface area contributed by atoms with Gasteiger partial charge in [0.2, 0.25) is 0 Å². The molecule has 3 fully saturated rings. The van der Waals surface area contributed by atoms with Crippen LogP contribution in [-0.2, 0) is 0 Å². The first-order chi connectivity index (χ1) is 7.96. The predicted octanol–water partition coefficient (Wildman–Crippen LogP) is 1.47. The second kappa shape index (κ2) is 5.25. The molecule has 0 spiro atoms. The number of hydrogen-bond acceptors (Lipinski definition) is 3. The number of aliphatic hydroxyl groups is 1. The first kappa shape index (κ1) is 13.3. The summed E-state index contributed by atoms with van der Waals surface area (Å²) in [6, 6.07) is 0.608. The van der Waals surface area contributed by atoms with Crippen LogP contribution in [0, 0.1) is 11.8 Å². The van der Waals surface area contributed by atoms with Crippen molar-refractivity contribution in [2.45, 2.75) is 51.7 Å². The summed E-state index contributed by atoms with van der Waals surface area (Å²) in [6.07, 6.45) is 3.55. The largest absolute Gasteiger partial charge is 0.389 e. The molecule has 3 saturated heterocycles. The highest BCUT2D eigenvalue weighted by molar-refractivity contribution is 4.92. The van der Waals surface area contributed by atoms with Crippen LogP contribution >= 0.6 is 0 Å². The molecule has 3 nitrogen and oxygen atoms in total. The zero-order valence-corrected chi connectivity index (χ0v) is 11.6. The van der Waals surface area contributed by atoms with E-state index in [4.69, 9.17) is 0 Å². The standard InChI is InChI=1S/C14H28N2O/c1-11(2)8-14(3,17)10-15-13-9-16-6-4-12(13)5-7-16/h11-13,15,17H,4-10H2,1-3H3. The Morgan fingerprint density at radius 3 is 2.47 bits per heavy atom. The van der Waals surface area contributed by atoms with Gasteiger partial charge in [-0.2, -0.15) is 0 Å². The van der Waals surface area contributed by atoms with Crippen molar-refractivity contribution in [1.29, 1.82) is 0 Å². The first-order valence-electron chi connectivity index (χ1n) is 7.14. The highest BCUT2D eigenvalue weighted by Crippen LogP contribution is 2.28. The van der Waals surface area contributed by atoms with E-state index in [1.54, 1.807) is 0 Å². The minimum absolute atomic E-state index is 0.554. The van der Waals surface area contributed by atoms with E-state index in [2.05, 4.69) is 24.1 Å². The van der Waals surface area contributed by atoms with Crippen LogP contribution in [0.15, 0.2) is 0 Å². The summed E-state index contributed by atoms with van der Waals surface area (Å²) < 4.78 is 0. The van der Waals surface area contributed by atoms with Gasteiger partial charge in [0.05, 0.1) is 5.60 Å². The van der Waals surface area contributed by atoms with Crippen molar-refractivity contribution < 1.29 is 5.11 Å². The fourth-order valence-electron chi connectivity index (χ4n) is 3.50. The van der Waals surface area contributed by atoms with E-state index < -0.39 is 5.60 Å². The maximum atomic E-state index is 10.3. The zero-order valence-electron chi connectivity index (χ0n) is 11.6. The molecule has 3 heteroatoms. The number of rotatable bonds is 5. The second-order valence-electron chi connectivity index (χ2n) is 6.72. The highest BCUT2D eigenvalue weighted by atomic mass is 16.3. The van der Waals surface area contributed by atoms with Gasteiger partial charge < -0.3 is 15.3 Å². The van der Waals surface area contributed by atoms with Gasteiger partial charge in [-0.05, 0) is 51.1 Å². The molecule has 2 unspecified atom stereocenters. The summed E-state index contributed by atoms with van der Waals surface area (Å²) in [6.45, 7) is 10.8. The average Bonchev–Trinajstić information content (AvgIpc) is 2.26. The molecule has 0 amide bonds. The summed E-state index contributed by atoms with van der Waals surface area (Å²) >= 11 is 0. The molecule has 3 aliphatic heterocycles. The summed E-state index contributed by atoms with van der Waals surface area (Å²) in [4.78, 5) is 2.55. The van der Waals surface area contributed by atoms with Gasteiger partial charge in [0.25, 0.3) is 0 Å². The van der Waals surface area contributed by atoms with Crippen LogP contribution in [-0.4, -0.2) is 47.8 Å². The molecule has 2 bridgehead atoms. The summed E-state index contributed by atoms with van der Waals surface area (Å²) in [5.41, 5.74) is -0.555. The lowest BCUT2D eigenvalue weighted by molar-refractivity contribution is 0.0177. The third-order valence-corrected chi connectivity index (χ3v) is 4.25. The Morgan fingerprint density at radius 1 is 1.35 bits per heavy atom. The Morgan fingerprint density at radius 2 is 2.00 bits per heavy atom. The predicted molar refractivity (Wildman–Crippen MR) is 71.0 cm³/mol. The van der Waals surface area contributed by atoms with Gasteiger partial charge >= 0.3 is 0 Å². The van der Waals surface area contributed by atoms with Gasteiger partial charge in [0.1, 0.15) is 0 Å². The Balaban J connectivity index is 1.78. The van der Waals surface area contributed by atoms with Crippen molar-refractivity contribution in [3.63, 3.8) is 0 Å². The van der Waals surface area contributed by atoms with Crippen LogP contribution in [0.5, 0.6) is 0 Å². The van der Waals surface area contributed by atoms with Gasteiger partial charge in [0, 0.05) is 19.1 Å². The van der Waals surface area contributed by atoms with Gasteiger partial charge in [-0.1, -0.05) is 13.8 Å². The molecule has 0 saturated carbocycles. The molecule has 17 heavy (non-hydrogen) atoms. The summed E-state index contributed by atoms with van der Waals surface area (Å²) in [5.74, 6) is 1.40. The van der Waals surface area contributed by atoms with E-state index in [-0.39, 0.29) is 0 Å². The van der Waals surface area contributed by atoms with Crippen LogP contribution in [0.1, 0.15) is 40.0 Å². The lowest BCUT2D eigenvalue weighted by atomic mass is 9.83. The molecule has 2 atom stereocenters. The number of nitrogens with one attached hydrogen (secondary N) is 1. The fraction of sp³-hybridized carbons (Fsp3) is 1.00. The summed E-state index contributed by atoms with van der Waals surface area (Å²) in [5, 5.41) is 13.9. The van der Waals surface area contributed by atoms with Crippen molar-refractivity contribution in [2.75, 3.05) is 26.2 Å². The first-order valence-corrected chi connectivity index (χ1v) is 7.14. The number of piperidine rings is 3. The third-order valence-electron chi connectivity index (χ3n) is 4.25. The highest BCUT2D eigenvalue weighted by Gasteiger charge is 2.34. The van der Waals surface area contributed by atoms with Crippen molar-refractivity contribution in [1.82, 2.24) is 10.2 Å². The van der Waals surface area contributed by atoms with Gasteiger partial charge in [-0.3, -0.25) is 0 Å². The molecule has 3 heterocycles. The molecule has 0 aliphatic carbocycles. The molecular weight excluding hydrogens is 212 g/mol. The molecule has 0 aromatic carbocycles. The van der Waals surface area contributed by atoms with Crippen LogP contribution < -0.4 is 5.32 Å². The third kappa shape index (κ3) is 3.67. The number of fused-ring (bicyclic) bond motifs is 3. The number of nitrogens with zero attached hydrogens (tertiary/aromatic N) is 1. The van der Waals surface area contributed by atoms with Crippen LogP contribution in [0.25, 0.3) is 0 Å². The minimum Gasteiger partial charge on any atom is -0.389 e. The van der Waals surface area contributed by atoms with Crippen molar-refractivity contribution in [2.24, 2.45) is 11.8 Å². The Kier molecular flexibility index (Phi) is 4.11. The SMILES string of the molecule is CC(C)CC(C)(O)CNC1CN2CCC1CC2. The molecule has 2 N–H and O–H groups in total. The van der Waals surface area contributed by atoms with E-state index >= 15 is 0 Å². The van der Waals surface area contributed by atoms with E-state index in [1.807, 2.05) is 6.92 Å². The van der Waals surface area contributed by atoms with Gasteiger partial charge in [-0.15, -0.1) is 0 Å². The van der Waals surface area contributed by atoms with Crippen LogP contribution in [0.4, 0.5) is 0 Å². The molecule has 3 rings (SSSR count). The van der Waals surface area contributed by atoms with Crippen molar-refractivity contribution >= 4 is 0 Å². The monoisotopic (exact) mass is 240 g/mol. The number of hydrogen-bond donors (Lipinski definition) is 2. The topological polar surface area (TPSA) is 35.5 Å². The van der Waals surface area contributed by atoms with Gasteiger partial charge in [-0.25, -0.2) is 0 Å². The maximum Gasteiger partial charge on any atom is 0.0746 e. The van der Waals surface area contributed by atoms with E-state index in [1.165, 1.54) is 32.5 Å². The molecule has 0 radical (unpaired) electrons. The minimum atomic E-state index is -0.555. The van der Waals surface area contributed by atoms with Crippen molar-refractivity contribution in [3.8, 4) is 0 Å². The van der Waals surface area contributed by atoms with E-state index in [9.17, 15) is 5.11 Å². The van der Waals surface area contributed by atoms with Crippen molar-refractivity contribution in [3.05, 3.63) is 0 Å². The maximum absolute atomic E-state index is 10.3. The quantitative estimate of drug-likeness (QED) is 0.764. The fourth-order valence-corrected chi connectivity index (χ4v) is 3.50.